The first-order chi connectivity index (χ1) is 14.1. The molecule has 1 aromatic carbocycles. The van der Waals surface area contributed by atoms with Crippen molar-refractivity contribution in [3.05, 3.63) is 35.9 Å². The van der Waals surface area contributed by atoms with Gasteiger partial charge in [0, 0.05) is 25.2 Å². The van der Waals surface area contributed by atoms with E-state index in [1.165, 1.54) is 24.9 Å². The lowest BCUT2D eigenvalue weighted by Gasteiger charge is -2.40. The lowest BCUT2D eigenvalue weighted by atomic mass is 9.97. The van der Waals surface area contributed by atoms with Crippen molar-refractivity contribution in [2.75, 3.05) is 13.6 Å². The molecule has 6 unspecified atom stereocenters. The molecule has 2 aliphatic heterocycles. The minimum absolute atomic E-state index is 0.0599. The maximum Gasteiger partial charge on any atom is 0.103 e. The Labute approximate surface area is 184 Å². The van der Waals surface area contributed by atoms with Crippen LogP contribution in [0.25, 0.3) is 0 Å². The minimum Gasteiger partial charge on any atom is -0.387 e. The summed E-state index contributed by atoms with van der Waals surface area (Å²) in [5, 5.41) is 12.9. The zero-order chi connectivity index (χ0) is 22.1. The molecule has 6 atom stereocenters. The molecule has 3 rings (SSSR count). The monoisotopic (exact) mass is 416 g/mol. The number of aryl methyl sites for hydroxylation is 1. The highest BCUT2D eigenvalue weighted by molar-refractivity contribution is 5.14. The molecule has 5 nitrogen and oxygen atoms in total. The van der Waals surface area contributed by atoms with Gasteiger partial charge >= 0.3 is 0 Å². The smallest absolute Gasteiger partial charge is 0.103 e. The number of aliphatic hydroxyl groups is 1. The summed E-state index contributed by atoms with van der Waals surface area (Å²) < 4.78 is 0. The molecule has 0 saturated carbocycles. The maximum atomic E-state index is 10.8. The molecule has 5 heteroatoms. The molecule has 1 aromatic rings. The summed E-state index contributed by atoms with van der Waals surface area (Å²) >= 11 is 0. The molecule has 30 heavy (non-hydrogen) atoms. The average Bonchev–Trinajstić information content (AvgIpc) is 3.13. The summed E-state index contributed by atoms with van der Waals surface area (Å²) in [5.41, 5.74) is 4.12. The predicted molar refractivity (Wildman–Crippen MR) is 125 cm³/mol. The predicted octanol–water partition coefficient (Wildman–Crippen LogP) is 3.69. The van der Waals surface area contributed by atoms with E-state index in [1.54, 1.807) is 0 Å². The van der Waals surface area contributed by atoms with E-state index in [0.29, 0.717) is 18.1 Å². The van der Waals surface area contributed by atoms with Crippen molar-refractivity contribution in [1.29, 1.82) is 0 Å². The number of benzene rings is 1. The van der Waals surface area contributed by atoms with Crippen LogP contribution in [0.2, 0.25) is 0 Å². The molecule has 170 valence electrons. The van der Waals surface area contributed by atoms with Gasteiger partial charge in [0.05, 0.1) is 11.8 Å². The molecular weight excluding hydrogens is 372 g/mol. The number of likely N-dealkylation sites (tertiary alicyclic amines) is 1. The zero-order valence-corrected chi connectivity index (χ0v) is 20.2. The van der Waals surface area contributed by atoms with Crippen LogP contribution in [0.15, 0.2) is 30.3 Å². The van der Waals surface area contributed by atoms with Crippen LogP contribution in [-0.4, -0.2) is 69.6 Å². The summed E-state index contributed by atoms with van der Waals surface area (Å²) in [6.07, 6.45) is 4.98. The van der Waals surface area contributed by atoms with Crippen LogP contribution < -0.4 is 5.43 Å². The van der Waals surface area contributed by atoms with E-state index >= 15 is 0 Å². The molecule has 2 aliphatic rings. The Hall–Kier alpha value is -0.980. The van der Waals surface area contributed by atoms with Gasteiger partial charge in [-0.25, -0.2) is 10.4 Å². The molecule has 0 spiro atoms. The Bertz CT molecular complexity index is 661. The molecule has 2 N–H and O–H groups in total. The standard InChI is InChI=1S/C25H44N4O/c1-18-16-23(28(20(18)3)15-11-14-22-12-9-8-10-13-22)17-19(2)29-21(4)27(7)26-24(29)25(5,6)30/h8-10,12-13,18-21,23-24,26,30H,11,14-17H2,1-7H3. The molecule has 0 aromatic heterocycles. The summed E-state index contributed by atoms with van der Waals surface area (Å²) in [6.45, 7) is 14.4. The maximum absolute atomic E-state index is 10.8. The van der Waals surface area contributed by atoms with Crippen LogP contribution in [0.5, 0.6) is 0 Å². The Kier molecular flexibility index (Phi) is 7.62. The van der Waals surface area contributed by atoms with Crippen molar-refractivity contribution in [2.24, 2.45) is 5.92 Å². The molecule has 2 heterocycles. The van der Waals surface area contributed by atoms with Gasteiger partial charge in [-0.15, -0.1) is 0 Å². The van der Waals surface area contributed by atoms with Gasteiger partial charge in [-0.3, -0.25) is 9.80 Å². The molecule has 0 bridgehead atoms. The summed E-state index contributed by atoms with van der Waals surface area (Å²) in [4.78, 5) is 5.23. The number of hydrazine groups is 1. The number of rotatable bonds is 8. The first-order valence-corrected chi connectivity index (χ1v) is 11.9. The van der Waals surface area contributed by atoms with Crippen LogP contribution in [0.1, 0.15) is 66.4 Å². The highest BCUT2D eigenvalue weighted by atomic mass is 16.3. The van der Waals surface area contributed by atoms with E-state index in [9.17, 15) is 5.11 Å². The second kappa shape index (κ2) is 9.66. The van der Waals surface area contributed by atoms with E-state index in [0.717, 1.165) is 18.8 Å². The van der Waals surface area contributed by atoms with Crippen LogP contribution >= 0.6 is 0 Å². The highest BCUT2D eigenvalue weighted by Gasteiger charge is 2.46. The quantitative estimate of drug-likeness (QED) is 0.676. The van der Waals surface area contributed by atoms with Gasteiger partial charge in [0.2, 0.25) is 0 Å². The SMILES string of the molecule is CC1CC(CC(C)N2C(C)N(C)NC2C(C)(C)O)N(CCCc2ccccc2)C1C. The Morgan fingerprint density at radius 3 is 2.47 bits per heavy atom. The first-order valence-electron chi connectivity index (χ1n) is 11.9. The van der Waals surface area contributed by atoms with Crippen molar-refractivity contribution in [1.82, 2.24) is 20.2 Å². The second-order valence-electron chi connectivity index (χ2n) is 10.4. The van der Waals surface area contributed by atoms with E-state index in [4.69, 9.17) is 0 Å². The fourth-order valence-electron chi connectivity index (χ4n) is 5.59. The van der Waals surface area contributed by atoms with Crippen LogP contribution in [0, 0.1) is 5.92 Å². The van der Waals surface area contributed by atoms with Crippen molar-refractivity contribution >= 4 is 0 Å². The molecular formula is C25H44N4O. The van der Waals surface area contributed by atoms with Crippen LogP contribution in [0.3, 0.4) is 0 Å². The third kappa shape index (κ3) is 5.25. The summed E-state index contributed by atoms with van der Waals surface area (Å²) in [5.74, 6) is 0.737. The topological polar surface area (TPSA) is 42.0 Å². The van der Waals surface area contributed by atoms with Gasteiger partial charge in [0.15, 0.2) is 0 Å². The lowest BCUT2D eigenvalue weighted by molar-refractivity contribution is -0.0370. The highest BCUT2D eigenvalue weighted by Crippen LogP contribution is 2.35. The summed E-state index contributed by atoms with van der Waals surface area (Å²) in [7, 11) is 2.08. The fourth-order valence-corrected chi connectivity index (χ4v) is 5.59. The number of nitrogens with zero attached hydrogens (tertiary/aromatic N) is 3. The number of nitrogens with one attached hydrogen (secondary N) is 1. The van der Waals surface area contributed by atoms with E-state index in [-0.39, 0.29) is 12.3 Å². The van der Waals surface area contributed by atoms with E-state index in [1.807, 2.05) is 13.8 Å². The fraction of sp³-hybridized carbons (Fsp3) is 0.760. The Morgan fingerprint density at radius 2 is 1.83 bits per heavy atom. The normalized spacial score (nSPS) is 32.7. The third-order valence-corrected chi connectivity index (χ3v) is 7.59. The van der Waals surface area contributed by atoms with Crippen LogP contribution in [0.4, 0.5) is 0 Å². The van der Waals surface area contributed by atoms with E-state index in [2.05, 4.69) is 85.3 Å². The lowest BCUT2D eigenvalue weighted by Crippen LogP contribution is -2.56. The van der Waals surface area contributed by atoms with Gasteiger partial charge in [-0.1, -0.05) is 37.3 Å². The average molecular weight is 417 g/mol. The molecule has 2 fully saturated rings. The zero-order valence-electron chi connectivity index (χ0n) is 20.2. The van der Waals surface area contributed by atoms with Gasteiger partial charge in [0.25, 0.3) is 0 Å². The molecule has 0 aliphatic carbocycles. The number of hydrogen-bond acceptors (Lipinski definition) is 5. The van der Waals surface area contributed by atoms with Crippen LogP contribution in [-0.2, 0) is 6.42 Å². The van der Waals surface area contributed by atoms with Gasteiger partial charge in [-0.05, 0) is 78.3 Å². The molecule has 2 saturated heterocycles. The van der Waals surface area contributed by atoms with Gasteiger partial charge in [-0.2, -0.15) is 0 Å². The van der Waals surface area contributed by atoms with Gasteiger partial charge < -0.3 is 5.11 Å². The van der Waals surface area contributed by atoms with Gasteiger partial charge in [0.1, 0.15) is 6.17 Å². The summed E-state index contributed by atoms with van der Waals surface area (Å²) in [6, 6.07) is 12.5. The second-order valence-corrected chi connectivity index (χ2v) is 10.4. The first kappa shape index (κ1) is 23.7. The van der Waals surface area contributed by atoms with E-state index < -0.39 is 5.60 Å². The number of hydrogen-bond donors (Lipinski definition) is 2. The Balaban J connectivity index is 1.64. The molecule has 0 amide bonds. The molecule has 0 radical (unpaired) electrons. The van der Waals surface area contributed by atoms with Crippen molar-refractivity contribution < 1.29 is 5.11 Å². The largest absolute Gasteiger partial charge is 0.387 e. The van der Waals surface area contributed by atoms with Crippen molar-refractivity contribution in [2.45, 2.75) is 103 Å². The minimum atomic E-state index is -0.793. The van der Waals surface area contributed by atoms with Crippen molar-refractivity contribution in [3.8, 4) is 0 Å². The Morgan fingerprint density at radius 1 is 1.17 bits per heavy atom. The van der Waals surface area contributed by atoms with Crippen molar-refractivity contribution in [3.63, 3.8) is 0 Å². The third-order valence-electron chi connectivity index (χ3n) is 7.59.